The molecule has 3 rings (SSSR count). The first kappa shape index (κ1) is 18.6. The van der Waals surface area contributed by atoms with Gasteiger partial charge in [-0.05, 0) is 36.4 Å². The Balaban J connectivity index is 1.67. The number of esters is 1. The lowest BCUT2D eigenvalue weighted by Crippen LogP contribution is -2.27. The van der Waals surface area contributed by atoms with Crippen molar-refractivity contribution in [1.82, 2.24) is 4.98 Å². The summed E-state index contributed by atoms with van der Waals surface area (Å²) in [5, 5.41) is 0.208. The molecule has 6 heteroatoms. The van der Waals surface area contributed by atoms with Gasteiger partial charge in [-0.1, -0.05) is 48.0 Å². The van der Waals surface area contributed by atoms with Gasteiger partial charge in [-0.3, -0.25) is 9.69 Å². The van der Waals surface area contributed by atoms with Crippen molar-refractivity contribution in [3.8, 4) is 0 Å². The molecule has 136 valence electrons. The number of amides is 1. The normalized spacial score (nSPS) is 10.3. The van der Waals surface area contributed by atoms with E-state index in [1.807, 2.05) is 60.7 Å². The van der Waals surface area contributed by atoms with Crippen LogP contribution in [0.1, 0.15) is 16.8 Å². The number of para-hydroxylation sites is 2. The van der Waals surface area contributed by atoms with Crippen LogP contribution in [0.15, 0.2) is 79.0 Å². The van der Waals surface area contributed by atoms with Crippen LogP contribution in [0.25, 0.3) is 0 Å². The number of pyridine rings is 1. The van der Waals surface area contributed by atoms with E-state index in [4.69, 9.17) is 16.3 Å². The standard InChI is InChI=1S/C21H17ClN2O3/c22-19-15-16(11-13-23-19)21(26)27-14-12-20(25)24(17-7-3-1-4-8-17)18-9-5-2-6-10-18/h1-11,13,15H,12,14H2. The molecule has 0 radical (unpaired) electrons. The van der Waals surface area contributed by atoms with Crippen molar-refractivity contribution in [3.63, 3.8) is 0 Å². The topological polar surface area (TPSA) is 59.5 Å². The van der Waals surface area contributed by atoms with Gasteiger partial charge in [0, 0.05) is 17.6 Å². The molecule has 27 heavy (non-hydrogen) atoms. The van der Waals surface area contributed by atoms with E-state index in [2.05, 4.69) is 4.98 Å². The van der Waals surface area contributed by atoms with Gasteiger partial charge in [-0.15, -0.1) is 0 Å². The zero-order chi connectivity index (χ0) is 19.1. The van der Waals surface area contributed by atoms with Crippen LogP contribution in [0.5, 0.6) is 0 Å². The number of aromatic nitrogens is 1. The molecule has 0 fully saturated rings. The van der Waals surface area contributed by atoms with E-state index in [1.165, 1.54) is 18.3 Å². The number of carbonyl (C=O) groups excluding carboxylic acids is 2. The van der Waals surface area contributed by atoms with Crippen LogP contribution in [-0.2, 0) is 9.53 Å². The molecule has 0 atom stereocenters. The Kier molecular flexibility index (Phi) is 6.18. The molecule has 2 aromatic carbocycles. The number of carbonyl (C=O) groups is 2. The minimum absolute atomic E-state index is 0.0340. The Morgan fingerprint density at radius 2 is 1.52 bits per heavy atom. The van der Waals surface area contributed by atoms with Gasteiger partial charge in [-0.2, -0.15) is 0 Å². The third kappa shape index (κ3) is 4.92. The van der Waals surface area contributed by atoms with Crippen LogP contribution in [-0.4, -0.2) is 23.5 Å². The molecule has 0 bridgehead atoms. The number of anilines is 2. The van der Waals surface area contributed by atoms with E-state index < -0.39 is 5.97 Å². The molecule has 0 saturated heterocycles. The maximum absolute atomic E-state index is 12.8. The highest BCUT2D eigenvalue weighted by atomic mass is 35.5. The molecule has 0 N–H and O–H groups in total. The molecule has 0 aliphatic rings. The van der Waals surface area contributed by atoms with Gasteiger partial charge < -0.3 is 4.74 Å². The van der Waals surface area contributed by atoms with E-state index in [-0.39, 0.29) is 24.1 Å². The molecular weight excluding hydrogens is 364 g/mol. The molecule has 0 saturated carbocycles. The Bertz CT molecular complexity index is 877. The van der Waals surface area contributed by atoms with Crippen LogP contribution in [0.3, 0.4) is 0 Å². The number of hydrogen-bond donors (Lipinski definition) is 0. The van der Waals surface area contributed by atoms with E-state index in [0.29, 0.717) is 5.56 Å². The maximum Gasteiger partial charge on any atom is 0.338 e. The monoisotopic (exact) mass is 380 g/mol. The zero-order valence-electron chi connectivity index (χ0n) is 14.4. The largest absolute Gasteiger partial charge is 0.462 e. The maximum atomic E-state index is 12.8. The van der Waals surface area contributed by atoms with Crippen molar-refractivity contribution in [2.24, 2.45) is 0 Å². The van der Waals surface area contributed by atoms with Gasteiger partial charge in [0.15, 0.2) is 0 Å². The lowest BCUT2D eigenvalue weighted by atomic mass is 10.2. The van der Waals surface area contributed by atoms with Crippen molar-refractivity contribution < 1.29 is 14.3 Å². The number of benzene rings is 2. The molecule has 0 spiro atoms. The predicted molar refractivity (Wildman–Crippen MR) is 104 cm³/mol. The number of nitrogens with zero attached hydrogens (tertiary/aromatic N) is 2. The quantitative estimate of drug-likeness (QED) is 0.461. The fourth-order valence-electron chi connectivity index (χ4n) is 2.55. The van der Waals surface area contributed by atoms with Crippen molar-refractivity contribution in [1.29, 1.82) is 0 Å². The summed E-state index contributed by atoms with van der Waals surface area (Å²) in [6.07, 6.45) is 1.48. The van der Waals surface area contributed by atoms with Crippen molar-refractivity contribution in [2.45, 2.75) is 6.42 Å². The highest BCUT2D eigenvalue weighted by Crippen LogP contribution is 2.25. The molecule has 1 amide bonds. The Hall–Kier alpha value is -3.18. The van der Waals surface area contributed by atoms with Gasteiger partial charge in [0.1, 0.15) is 11.8 Å². The summed E-state index contributed by atoms with van der Waals surface area (Å²) in [7, 11) is 0. The summed E-state index contributed by atoms with van der Waals surface area (Å²) in [4.78, 5) is 30.3. The highest BCUT2D eigenvalue weighted by Gasteiger charge is 2.18. The second kappa shape index (κ2) is 8.96. The third-order valence-corrected chi connectivity index (χ3v) is 4.00. The molecule has 1 heterocycles. The van der Waals surface area contributed by atoms with E-state index in [1.54, 1.807) is 4.90 Å². The van der Waals surface area contributed by atoms with E-state index >= 15 is 0 Å². The fourth-order valence-corrected chi connectivity index (χ4v) is 2.72. The molecular formula is C21H17ClN2O3. The fraction of sp³-hybridized carbons (Fsp3) is 0.0952. The Morgan fingerprint density at radius 1 is 0.926 bits per heavy atom. The second-order valence-corrected chi connectivity index (χ2v) is 6.04. The van der Waals surface area contributed by atoms with Gasteiger partial charge in [-0.25, -0.2) is 9.78 Å². The lowest BCUT2D eigenvalue weighted by molar-refractivity contribution is -0.118. The summed E-state index contributed by atoms with van der Waals surface area (Å²) in [6, 6.07) is 21.6. The summed E-state index contributed by atoms with van der Waals surface area (Å²) in [6.45, 7) is -0.0340. The van der Waals surface area contributed by atoms with Gasteiger partial charge in [0.25, 0.3) is 0 Å². The first-order valence-electron chi connectivity index (χ1n) is 8.37. The van der Waals surface area contributed by atoms with Crippen LogP contribution in [0.2, 0.25) is 5.15 Å². The van der Waals surface area contributed by atoms with Crippen LogP contribution in [0, 0.1) is 0 Å². The number of rotatable bonds is 6. The molecule has 0 aliphatic carbocycles. The number of hydrogen-bond acceptors (Lipinski definition) is 4. The minimum Gasteiger partial charge on any atom is -0.462 e. The van der Waals surface area contributed by atoms with Crippen LogP contribution >= 0.6 is 11.6 Å². The Labute approximate surface area is 162 Å². The summed E-state index contributed by atoms with van der Waals surface area (Å²) in [5.74, 6) is -0.717. The van der Waals surface area contributed by atoms with E-state index in [0.717, 1.165) is 11.4 Å². The summed E-state index contributed by atoms with van der Waals surface area (Å²) in [5.41, 5.74) is 1.80. The minimum atomic E-state index is -0.543. The van der Waals surface area contributed by atoms with Gasteiger partial charge in [0.2, 0.25) is 5.91 Å². The molecule has 3 aromatic rings. The van der Waals surface area contributed by atoms with Crippen LogP contribution < -0.4 is 4.90 Å². The SMILES string of the molecule is O=C(OCCC(=O)N(c1ccccc1)c1ccccc1)c1ccnc(Cl)c1. The van der Waals surface area contributed by atoms with Crippen molar-refractivity contribution in [2.75, 3.05) is 11.5 Å². The summed E-state index contributed by atoms with van der Waals surface area (Å²) >= 11 is 5.77. The molecule has 5 nitrogen and oxygen atoms in total. The molecule has 0 aliphatic heterocycles. The average molecular weight is 381 g/mol. The van der Waals surface area contributed by atoms with Crippen LogP contribution in [0.4, 0.5) is 11.4 Å². The van der Waals surface area contributed by atoms with Gasteiger partial charge in [0.05, 0.1) is 12.0 Å². The summed E-state index contributed by atoms with van der Waals surface area (Å²) < 4.78 is 5.20. The number of ether oxygens (including phenoxy) is 1. The lowest BCUT2D eigenvalue weighted by Gasteiger charge is -2.23. The molecule has 1 aromatic heterocycles. The smallest absolute Gasteiger partial charge is 0.338 e. The third-order valence-electron chi connectivity index (χ3n) is 3.79. The zero-order valence-corrected chi connectivity index (χ0v) is 15.2. The average Bonchev–Trinajstić information content (AvgIpc) is 2.70. The second-order valence-electron chi connectivity index (χ2n) is 5.65. The van der Waals surface area contributed by atoms with Gasteiger partial charge >= 0.3 is 5.97 Å². The number of halogens is 1. The highest BCUT2D eigenvalue weighted by molar-refractivity contribution is 6.29. The first-order chi connectivity index (χ1) is 13.1. The first-order valence-corrected chi connectivity index (χ1v) is 8.74. The van der Waals surface area contributed by atoms with Crippen molar-refractivity contribution >= 4 is 34.9 Å². The van der Waals surface area contributed by atoms with Crippen molar-refractivity contribution in [3.05, 3.63) is 89.7 Å². The predicted octanol–water partition coefficient (Wildman–Crippen LogP) is 4.65. The molecule has 0 unspecified atom stereocenters. The van der Waals surface area contributed by atoms with E-state index in [9.17, 15) is 9.59 Å². The Morgan fingerprint density at radius 3 is 2.07 bits per heavy atom.